The monoisotopic (exact) mass is 408 g/mol. The Balaban J connectivity index is 1.76. The first-order valence-corrected chi connectivity index (χ1v) is 10.6. The summed E-state index contributed by atoms with van der Waals surface area (Å²) in [5, 5.41) is 8.25. The summed E-state index contributed by atoms with van der Waals surface area (Å²) in [7, 11) is -3.79. The molecule has 2 heterocycles. The number of nitrogens with one attached hydrogen (secondary N) is 1. The molecule has 4 rings (SSSR count). The number of primary sulfonamides is 1. The lowest BCUT2D eigenvalue weighted by Crippen LogP contribution is -2.12. The van der Waals surface area contributed by atoms with Crippen molar-refractivity contribution in [3.63, 3.8) is 0 Å². The van der Waals surface area contributed by atoms with E-state index in [0.29, 0.717) is 17.5 Å². The van der Waals surface area contributed by atoms with E-state index in [2.05, 4.69) is 29.1 Å². The number of hydrogen-bond donors (Lipinski definition) is 2. The van der Waals surface area contributed by atoms with Crippen LogP contribution >= 0.6 is 0 Å². The first kappa shape index (κ1) is 19.0. The molecule has 0 atom stereocenters. The minimum atomic E-state index is -3.79. The van der Waals surface area contributed by atoms with Crippen molar-refractivity contribution >= 4 is 32.7 Å². The first-order chi connectivity index (χ1) is 13.8. The molecular weight excluding hydrogens is 388 g/mol. The van der Waals surface area contributed by atoms with Gasteiger partial charge < -0.3 is 5.32 Å². The Labute approximate surface area is 168 Å². The van der Waals surface area contributed by atoms with Gasteiger partial charge in [-0.1, -0.05) is 32.0 Å². The van der Waals surface area contributed by atoms with Crippen molar-refractivity contribution in [1.82, 2.24) is 19.5 Å². The van der Waals surface area contributed by atoms with Gasteiger partial charge in [0.05, 0.1) is 15.9 Å². The van der Waals surface area contributed by atoms with Crippen LogP contribution in [0.15, 0.2) is 65.7 Å². The molecule has 0 aliphatic carbocycles. The molecule has 0 saturated heterocycles. The number of rotatable bonds is 5. The molecule has 0 aliphatic rings. The Morgan fingerprint density at radius 3 is 2.59 bits per heavy atom. The molecule has 3 N–H and O–H groups in total. The first-order valence-electron chi connectivity index (χ1n) is 9.03. The maximum absolute atomic E-state index is 11.6. The lowest BCUT2D eigenvalue weighted by atomic mass is 10.2. The van der Waals surface area contributed by atoms with Crippen LogP contribution in [0.3, 0.4) is 0 Å². The summed E-state index contributed by atoms with van der Waals surface area (Å²) in [6.07, 6.45) is 1.65. The van der Waals surface area contributed by atoms with E-state index >= 15 is 0 Å². The number of benzene rings is 2. The van der Waals surface area contributed by atoms with Gasteiger partial charge in [-0.05, 0) is 36.4 Å². The van der Waals surface area contributed by atoms with E-state index in [1.54, 1.807) is 18.3 Å². The molecule has 0 fully saturated rings. The fraction of sp³-hybridized carbons (Fsp3) is 0.150. The van der Waals surface area contributed by atoms with E-state index in [-0.39, 0.29) is 10.8 Å². The zero-order valence-corrected chi connectivity index (χ0v) is 16.8. The minimum absolute atomic E-state index is 0.0151. The highest BCUT2D eigenvalue weighted by Gasteiger charge is 2.16. The molecule has 4 aromatic rings. The number of para-hydroxylation sites is 2. The summed E-state index contributed by atoms with van der Waals surface area (Å²) in [6.45, 7) is 4.16. The number of sulfonamides is 1. The standard InChI is InChI=1S/C20H20N6O2S/c1-13(2)19-24-16-8-3-4-9-17(16)26(19)18-10-11-22-20(25-18)23-14-6-5-7-15(12-14)29(21,27)28/h3-13H,1-2H3,(H2,21,27,28)(H,22,23,25). The molecule has 29 heavy (non-hydrogen) atoms. The maximum Gasteiger partial charge on any atom is 0.238 e. The average Bonchev–Trinajstić information content (AvgIpc) is 3.08. The summed E-state index contributed by atoms with van der Waals surface area (Å²) < 4.78 is 25.2. The van der Waals surface area contributed by atoms with Crippen LogP contribution in [-0.2, 0) is 10.0 Å². The second-order valence-electron chi connectivity index (χ2n) is 6.89. The highest BCUT2D eigenvalue weighted by Crippen LogP contribution is 2.26. The van der Waals surface area contributed by atoms with Gasteiger partial charge >= 0.3 is 0 Å². The Morgan fingerprint density at radius 1 is 1.03 bits per heavy atom. The van der Waals surface area contributed by atoms with Gasteiger partial charge in [0.1, 0.15) is 11.6 Å². The van der Waals surface area contributed by atoms with Crippen LogP contribution in [0.1, 0.15) is 25.6 Å². The smallest absolute Gasteiger partial charge is 0.238 e. The Hall–Kier alpha value is -3.30. The molecule has 0 saturated carbocycles. The van der Waals surface area contributed by atoms with Crippen LogP contribution in [0.5, 0.6) is 0 Å². The van der Waals surface area contributed by atoms with Crippen LogP contribution in [0.25, 0.3) is 16.9 Å². The van der Waals surface area contributed by atoms with Crippen LogP contribution in [0, 0.1) is 0 Å². The summed E-state index contributed by atoms with van der Waals surface area (Å²) in [5.41, 5.74) is 2.37. The number of hydrogen-bond acceptors (Lipinski definition) is 6. The predicted octanol–water partition coefficient (Wildman–Crippen LogP) is 3.33. The van der Waals surface area contributed by atoms with Crippen molar-refractivity contribution in [1.29, 1.82) is 0 Å². The molecule has 0 radical (unpaired) electrons. The summed E-state index contributed by atoms with van der Waals surface area (Å²) in [5.74, 6) is 2.09. The van der Waals surface area contributed by atoms with Gasteiger partial charge in [0.2, 0.25) is 16.0 Å². The van der Waals surface area contributed by atoms with Crippen molar-refractivity contribution in [2.75, 3.05) is 5.32 Å². The maximum atomic E-state index is 11.6. The van der Waals surface area contributed by atoms with Gasteiger partial charge in [-0.2, -0.15) is 4.98 Å². The van der Waals surface area contributed by atoms with Crippen LogP contribution < -0.4 is 10.5 Å². The van der Waals surface area contributed by atoms with Gasteiger partial charge in [-0.25, -0.2) is 23.5 Å². The minimum Gasteiger partial charge on any atom is -0.324 e. The zero-order valence-electron chi connectivity index (χ0n) is 15.9. The molecule has 0 amide bonds. The second-order valence-corrected chi connectivity index (χ2v) is 8.45. The van der Waals surface area contributed by atoms with Crippen molar-refractivity contribution in [2.45, 2.75) is 24.7 Å². The lowest BCUT2D eigenvalue weighted by Gasteiger charge is -2.12. The zero-order chi connectivity index (χ0) is 20.6. The summed E-state index contributed by atoms with van der Waals surface area (Å²) in [4.78, 5) is 13.6. The molecule has 8 nitrogen and oxygen atoms in total. The number of imidazole rings is 1. The summed E-state index contributed by atoms with van der Waals surface area (Å²) in [6, 6.07) is 15.9. The quantitative estimate of drug-likeness (QED) is 0.523. The number of nitrogens with two attached hydrogens (primary N) is 1. The third-order valence-electron chi connectivity index (χ3n) is 4.39. The van der Waals surface area contributed by atoms with Crippen molar-refractivity contribution in [2.24, 2.45) is 5.14 Å². The van der Waals surface area contributed by atoms with Gasteiger partial charge in [0.25, 0.3) is 0 Å². The SMILES string of the molecule is CC(C)c1nc2ccccc2n1-c1ccnc(Nc2cccc(S(N)(=O)=O)c2)n1. The van der Waals surface area contributed by atoms with Crippen LogP contribution in [-0.4, -0.2) is 27.9 Å². The van der Waals surface area contributed by atoms with Crippen molar-refractivity contribution in [3.05, 3.63) is 66.6 Å². The molecule has 0 aliphatic heterocycles. The van der Waals surface area contributed by atoms with Crippen LogP contribution in [0.2, 0.25) is 0 Å². The molecular formula is C20H20N6O2S. The number of fused-ring (bicyclic) bond motifs is 1. The second kappa shape index (κ2) is 7.26. The Morgan fingerprint density at radius 2 is 1.83 bits per heavy atom. The van der Waals surface area contributed by atoms with Gasteiger partial charge in [0.15, 0.2) is 0 Å². The van der Waals surface area contributed by atoms with E-state index in [0.717, 1.165) is 16.9 Å². The molecule has 0 bridgehead atoms. The lowest BCUT2D eigenvalue weighted by molar-refractivity contribution is 0.598. The fourth-order valence-corrected chi connectivity index (χ4v) is 3.65. The van der Waals surface area contributed by atoms with Gasteiger partial charge in [-0.3, -0.25) is 4.57 Å². The number of aromatic nitrogens is 4. The van der Waals surface area contributed by atoms with E-state index < -0.39 is 10.0 Å². The molecule has 2 aromatic carbocycles. The largest absolute Gasteiger partial charge is 0.324 e. The topological polar surface area (TPSA) is 116 Å². The highest BCUT2D eigenvalue weighted by molar-refractivity contribution is 7.89. The third kappa shape index (κ3) is 3.82. The molecule has 2 aromatic heterocycles. The number of anilines is 2. The fourth-order valence-electron chi connectivity index (χ4n) is 3.09. The highest BCUT2D eigenvalue weighted by atomic mass is 32.2. The van der Waals surface area contributed by atoms with E-state index in [4.69, 9.17) is 10.1 Å². The molecule has 0 unspecified atom stereocenters. The predicted molar refractivity (Wildman–Crippen MR) is 112 cm³/mol. The normalized spacial score (nSPS) is 11.9. The van der Waals surface area contributed by atoms with Gasteiger partial charge in [-0.15, -0.1) is 0 Å². The molecule has 0 spiro atoms. The van der Waals surface area contributed by atoms with E-state index in [1.165, 1.54) is 12.1 Å². The molecule has 148 valence electrons. The summed E-state index contributed by atoms with van der Waals surface area (Å²) >= 11 is 0. The van der Waals surface area contributed by atoms with Crippen molar-refractivity contribution in [3.8, 4) is 5.82 Å². The van der Waals surface area contributed by atoms with E-state index in [9.17, 15) is 8.42 Å². The Kier molecular flexibility index (Phi) is 4.77. The van der Waals surface area contributed by atoms with Gasteiger partial charge in [0, 0.05) is 17.8 Å². The van der Waals surface area contributed by atoms with Crippen molar-refractivity contribution < 1.29 is 8.42 Å². The third-order valence-corrected chi connectivity index (χ3v) is 5.30. The van der Waals surface area contributed by atoms with Crippen LogP contribution in [0.4, 0.5) is 11.6 Å². The number of nitrogens with zero attached hydrogens (tertiary/aromatic N) is 4. The van der Waals surface area contributed by atoms with E-state index in [1.807, 2.05) is 34.9 Å². The Bertz CT molecular complexity index is 1300. The average molecular weight is 408 g/mol. The molecule has 9 heteroatoms.